The van der Waals surface area contributed by atoms with Crippen LogP contribution >= 0.6 is 0 Å². The number of aromatic nitrogens is 3. The second-order valence-electron chi connectivity index (χ2n) is 7.80. The predicted molar refractivity (Wildman–Crippen MR) is 108 cm³/mol. The molecule has 0 saturated heterocycles. The van der Waals surface area contributed by atoms with E-state index in [1.54, 1.807) is 24.3 Å². The topological polar surface area (TPSA) is 88.9 Å². The smallest absolute Gasteiger partial charge is 0.347 e. The van der Waals surface area contributed by atoms with E-state index in [1.807, 2.05) is 20.8 Å². The van der Waals surface area contributed by atoms with E-state index in [0.717, 1.165) is 16.9 Å². The minimum atomic E-state index is -4.58. The number of nitrogens with one attached hydrogen (secondary N) is 2. The van der Waals surface area contributed by atoms with E-state index >= 15 is 0 Å². The molecule has 2 N–H and O–H groups in total. The van der Waals surface area contributed by atoms with Crippen LogP contribution in [0.4, 0.5) is 18.9 Å². The first-order valence-corrected chi connectivity index (χ1v) is 9.27. The second kappa shape index (κ2) is 8.21. The summed E-state index contributed by atoms with van der Waals surface area (Å²) >= 11 is 0. The maximum Gasteiger partial charge on any atom is 0.418 e. The third kappa shape index (κ3) is 5.47. The molecule has 31 heavy (non-hydrogen) atoms. The number of alkyl halides is 3. The average Bonchev–Trinajstić information content (AvgIpc) is 3.17. The molecule has 3 aromatic rings. The number of nitrogens with zero attached hydrogens (tertiary/aromatic N) is 3. The first-order chi connectivity index (χ1) is 14.4. The molecule has 1 heterocycles. The largest absolute Gasteiger partial charge is 0.418 e. The number of halogens is 3. The van der Waals surface area contributed by atoms with Crippen LogP contribution < -0.4 is 10.6 Å². The maximum atomic E-state index is 13.2. The van der Waals surface area contributed by atoms with Gasteiger partial charge in [-0.1, -0.05) is 17.3 Å². The molecule has 0 aliphatic carbocycles. The SMILES string of the molecule is CC(C)(C)NC(=O)c1ccc(NC(=O)c2cn(-c3ccccc3C(F)(F)F)nn2)cc1. The fourth-order valence-electron chi connectivity index (χ4n) is 2.71. The van der Waals surface area contributed by atoms with Crippen LogP contribution in [-0.2, 0) is 6.18 Å². The lowest BCUT2D eigenvalue weighted by Crippen LogP contribution is -2.40. The second-order valence-corrected chi connectivity index (χ2v) is 7.80. The van der Waals surface area contributed by atoms with Crippen LogP contribution in [0.1, 0.15) is 47.2 Å². The number of carbonyl (C=O) groups is 2. The Kier molecular flexibility index (Phi) is 5.83. The molecule has 0 aliphatic rings. The molecule has 7 nitrogen and oxygen atoms in total. The highest BCUT2D eigenvalue weighted by Crippen LogP contribution is 2.33. The maximum absolute atomic E-state index is 13.2. The Bertz CT molecular complexity index is 1100. The molecule has 0 radical (unpaired) electrons. The summed E-state index contributed by atoms with van der Waals surface area (Å²) in [6, 6.07) is 11.0. The third-order valence-corrected chi connectivity index (χ3v) is 4.08. The summed E-state index contributed by atoms with van der Waals surface area (Å²) in [5, 5.41) is 12.7. The monoisotopic (exact) mass is 431 g/mol. The summed E-state index contributed by atoms with van der Waals surface area (Å²) in [6.07, 6.45) is -3.46. The fourth-order valence-corrected chi connectivity index (χ4v) is 2.71. The number of benzene rings is 2. The molecule has 0 atom stereocenters. The van der Waals surface area contributed by atoms with Gasteiger partial charge in [0.1, 0.15) is 0 Å². The Hall–Kier alpha value is -3.69. The molecule has 0 fully saturated rings. The van der Waals surface area contributed by atoms with Gasteiger partial charge in [0.05, 0.1) is 17.4 Å². The number of para-hydroxylation sites is 1. The zero-order valence-corrected chi connectivity index (χ0v) is 17.0. The van der Waals surface area contributed by atoms with E-state index in [4.69, 9.17) is 0 Å². The molecular formula is C21H20F3N5O2. The van der Waals surface area contributed by atoms with Crippen LogP contribution in [-0.4, -0.2) is 32.3 Å². The van der Waals surface area contributed by atoms with E-state index in [1.165, 1.54) is 18.2 Å². The predicted octanol–water partition coefficient (Wildman–Crippen LogP) is 4.07. The third-order valence-electron chi connectivity index (χ3n) is 4.08. The van der Waals surface area contributed by atoms with Crippen LogP contribution in [0.25, 0.3) is 5.69 Å². The Labute approximate surface area is 176 Å². The van der Waals surface area contributed by atoms with Gasteiger partial charge in [-0.25, -0.2) is 4.68 Å². The highest BCUT2D eigenvalue weighted by molar-refractivity contribution is 6.03. The molecule has 1 aromatic heterocycles. The van der Waals surface area contributed by atoms with Crippen molar-refractivity contribution in [2.75, 3.05) is 5.32 Å². The summed E-state index contributed by atoms with van der Waals surface area (Å²) in [6.45, 7) is 5.58. The van der Waals surface area contributed by atoms with Crippen LogP contribution in [0.2, 0.25) is 0 Å². The summed E-state index contributed by atoms with van der Waals surface area (Å²) in [4.78, 5) is 24.6. The first kappa shape index (κ1) is 22.0. The van der Waals surface area contributed by atoms with Crippen molar-refractivity contribution in [3.8, 4) is 5.69 Å². The van der Waals surface area contributed by atoms with Crippen molar-refractivity contribution >= 4 is 17.5 Å². The van der Waals surface area contributed by atoms with E-state index in [0.29, 0.717) is 11.3 Å². The van der Waals surface area contributed by atoms with Gasteiger partial charge >= 0.3 is 6.18 Å². The molecule has 0 aliphatic heterocycles. The van der Waals surface area contributed by atoms with Crippen molar-refractivity contribution in [1.29, 1.82) is 0 Å². The molecule has 0 bridgehead atoms. The molecule has 162 valence electrons. The highest BCUT2D eigenvalue weighted by atomic mass is 19.4. The van der Waals surface area contributed by atoms with E-state index in [2.05, 4.69) is 20.9 Å². The first-order valence-electron chi connectivity index (χ1n) is 9.27. The summed E-state index contributed by atoms with van der Waals surface area (Å²) in [7, 11) is 0. The van der Waals surface area contributed by atoms with E-state index in [9.17, 15) is 22.8 Å². The van der Waals surface area contributed by atoms with Crippen LogP contribution in [0.5, 0.6) is 0 Å². The molecule has 3 rings (SSSR count). The molecule has 2 aromatic carbocycles. The number of anilines is 1. The van der Waals surface area contributed by atoms with Gasteiger partial charge < -0.3 is 10.6 Å². The number of amides is 2. The van der Waals surface area contributed by atoms with Gasteiger partial charge in [0.15, 0.2) is 5.69 Å². The molecule has 0 spiro atoms. The minimum absolute atomic E-state index is 0.161. The Morgan fingerprint density at radius 3 is 2.19 bits per heavy atom. The Morgan fingerprint density at radius 2 is 1.58 bits per heavy atom. The van der Waals surface area contributed by atoms with Crippen molar-refractivity contribution in [1.82, 2.24) is 20.3 Å². The Morgan fingerprint density at radius 1 is 0.935 bits per heavy atom. The van der Waals surface area contributed by atoms with Gasteiger partial charge in [0, 0.05) is 16.8 Å². The molecular weight excluding hydrogens is 411 g/mol. The summed E-state index contributed by atoms with van der Waals surface area (Å²) in [5.74, 6) is -0.903. The lowest BCUT2D eigenvalue weighted by atomic mass is 10.1. The van der Waals surface area contributed by atoms with E-state index in [-0.39, 0.29) is 22.8 Å². The van der Waals surface area contributed by atoms with Crippen LogP contribution in [0.3, 0.4) is 0 Å². The Balaban J connectivity index is 1.73. The lowest BCUT2D eigenvalue weighted by molar-refractivity contribution is -0.137. The van der Waals surface area contributed by atoms with Gasteiger partial charge in [-0.2, -0.15) is 13.2 Å². The summed E-state index contributed by atoms with van der Waals surface area (Å²) in [5.41, 5.74) is -0.871. The van der Waals surface area contributed by atoms with Crippen molar-refractivity contribution in [2.24, 2.45) is 0 Å². The highest BCUT2D eigenvalue weighted by Gasteiger charge is 2.34. The zero-order valence-electron chi connectivity index (χ0n) is 17.0. The van der Waals surface area contributed by atoms with Crippen LogP contribution in [0, 0.1) is 0 Å². The fraction of sp³-hybridized carbons (Fsp3) is 0.238. The molecule has 2 amide bonds. The van der Waals surface area contributed by atoms with Gasteiger partial charge in [-0.3, -0.25) is 9.59 Å². The van der Waals surface area contributed by atoms with Crippen molar-refractivity contribution in [3.63, 3.8) is 0 Å². The van der Waals surface area contributed by atoms with Crippen molar-refractivity contribution in [2.45, 2.75) is 32.5 Å². The normalized spacial score (nSPS) is 11.8. The molecule has 10 heteroatoms. The quantitative estimate of drug-likeness (QED) is 0.652. The van der Waals surface area contributed by atoms with Crippen molar-refractivity contribution in [3.05, 3.63) is 71.5 Å². The minimum Gasteiger partial charge on any atom is -0.347 e. The zero-order chi connectivity index (χ0) is 22.8. The van der Waals surface area contributed by atoms with Gasteiger partial charge in [0.2, 0.25) is 0 Å². The van der Waals surface area contributed by atoms with Gasteiger partial charge in [0.25, 0.3) is 11.8 Å². The van der Waals surface area contributed by atoms with E-state index < -0.39 is 17.6 Å². The number of hydrogen-bond acceptors (Lipinski definition) is 4. The van der Waals surface area contributed by atoms with Gasteiger partial charge in [-0.15, -0.1) is 5.10 Å². The number of carbonyl (C=O) groups excluding carboxylic acids is 2. The lowest BCUT2D eigenvalue weighted by Gasteiger charge is -2.20. The van der Waals surface area contributed by atoms with Crippen molar-refractivity contribution < 1.29 is 22.8 Å². The number of rotatable bonds is 4. The number of hydrogen-bond donors (Lipinski definition) is 2. The van der Waals surface area contributed by atoms with Gasteiger partial charge in [-0.05, 0) is 57.2 Å². The summed E-state index contributed by atoms with van der Waals surface area (Å²) < 4.78 is 40.5. The standard InChI is InChI=1S/C21H20F3N5O2/c1-20(2,3)26-18(30)13-8-10-14(11-9-13)25-19(31)16-12-29(28-27-16)17-7-5-4-6-15(17)21(22,23)24/h4-12H,1-3H3,(H,25,31)(H,26,30). The average molecular weight is 431 g/mol. The molecule has 0 saturated carbocycles. The molecule has 0 unspecified atom stereocenters. The van der Waals surface area contributed by atoms with Crippen LogP contribution in [0.15, 0.2) is 54.7 Å².